The second kappa shape index (κ2) is 9.83. The van der Waals surface area contributed by atoms with Gasteiger partial charge in [0.15, 0.2) is 0 Å². The molecular formula is C11H24O4Si. The van der Waals surface area contributed by atoms with Gasteiger partial charge in [-0.15, -0.1) is 0 Å². The second-order valence-electron chi connectivity index (χ2n) is 3.70. The van der Waals surface area contributed by atoms with Gasteiger partial charge in [-0.1, -0.05) is 6.58 Å². The van der Waals surface area contributed by atoms with Gasteiger partial charge < -0.3 is 18.6 Å². The zero-order valence-electron chi connectivity index (χ0n) is 10.7. The minimum Gasteiger partial charge on any atom is -0.549 e. The number of rotatable bonds is 11. The third-order valence-electron chi connectivity index (χ3n) is 2.62. The lowest BCUT2D eigenvalue weighted by Gasteiger charge is -2.29. The molecule has 0 aliphatic rings. The average Bonchev–Trinajstić information content (AvgIpc) is 2.31. The summed E-state index contributed by atoms with van der Waals surface area (Å²) in [5.41, 5.74) is 0. The highest BCUT2D eigenvalue weighted by Gasteiger charge is 2.35. The summed E-state index contributed by atoms with van der Waals surface area (Å²) < 4.78 is 21.2. The van der Waals surface area contributed by atoms with E-state index >= 15 is 0 Å². The standard InChI is InChI=1S/C11H24O4Si/c1-5-15-16(9-6-12-2,10-7-13-3)11-8-14-4/h5H,1,6-11H2,2-4H3. The minimum atomic E-state index is -1.85. The summed E-state index contributed by atoms with van der Waals surface area (Å²) in [7, 11) is 3.27. The first-order valence-corrected chi connectivity index (χ1v) is 8.03. The molecule has 4 nitrogen and oxygen atoms in total. The molecule has 0 aromatic heterocycles. The molecule has 0 saturated heterocycles. The predicted octanol–water partition coefficient (Wildman–Crippen LogP) is 2.03. The van der Waals surface area contributed by atoms with Gasteiger partial charge in [0.2, 0.25) is 0 Å². The molecule has 0 radical (unpaired) electrons. The first kappa shape index (κ1) is 15.6. The van der Waals surface area contributed by atoms with Crippen LogP contribution in [0.25, 0.3) is 0 Å². The third-order valence-corrected chi connectivity index (χ3v) is 6.63. The largest absolute Gasteiger partial charge is 0.549 e. The van der Waals surface area contributed by atoms with E-state index in [1.807, 2.05) is 0 Å². The zero-order chi connectivity index (χ0) is 12.3. The Morgan fingerprint density at radius 3 is 1.50 bits per heavy atom. The van der Waals surface area contributed by atoms with Crippen LogP contribution in [-0.2, 0) is 18.6 Å². The maximum Gasteiger partial charge on any atom is 0.257 e. The lowest BCUT2D eigenvalue weighted by atomic mass is 10.8. The van der Waals surface area contributed by atoms with Crippen LogP contribution in [0.3, 0.4) is 0 Å². The van der Waals surface area contributed by atoms with Gasteiger partial charge in [0.05, 0.1) is 6.26 Å². The minimum absolute atomic E-state index is 0.716. The van der Waals surface area contributed by atoms with Crippen LogP contribution in [0.4, 0.5) is 0 Å². The molecule has 16 heavy (non-hydrogen) atoms. The molecule has 0 saturated carbocycles. The normalized spacial score (nSPS) is 11.4. The number of hydrogen-bond donors (Lipinski definition) is 0. The van der Waals surface area contributed by atoms with E-state index in [0.717, 1.165) is 18.1 Å². The molecule has 96 valence electrons. The van der Waals surface area contributed by atoms with Crippen molar-refractivity contribution in [2.75, 3.05) is 41.2 Å². The molecule has 0 fully saturated rings. The van der Waals surface area contributed by atoms with Gasteiger partial charge in [0.25, 0.3) is 8.32 Å². The molecule has 0 amide bonds. The lowest BCUT2D eigenvalue weighted by Crippen LogP contribution is -2.40. The summed E-state index contributed by atoms with van der Waals surface area (Å²) in [5.74, 6) is 0. The summed E-state index contributed by atoms with van der Waals surface area (Å²) in [4.78, 5) is 0. The molecule has 0 aromatic carbocycles. The Labute approximate surface area is 99.7 Å². The molecule has 0 aliphatic heterocycles. The van der Waals surface area contributed by atoms with Crippen molar-refractivity contribution in [3.8, 4) is 0 Å². The lowest BCUT2D eigenvalue weighted by molar-refractivity contribution is 0.191. The van der Waals surface area contributed by atoms with Crippen LogP contribution < -0.4 is 0 Å². The summed E-state index contributed by atoms with van der Waals surface area (Å²) in [6.45, 7) is 5.81. The smallest absolute Gasteiger partial charge is 0.257 e. The maximum atomic E-state index is 5.80. The molecule has 0 spiro atoms. The first-order valence-electron chi connectivity index (χ1n) is 5.50. The average molecular weight is 248 g/mol. The van der Waals surface area contributed by atoms with Crippen molar-refractivity contribution in [1.29, 1.82) is 0 Å². The molecular weight excluding hydrogens is 224 g/mol. The van der Waals surface area contributed by atoms with Crippen LogP contribution in [0.2, 0.25) is 18.1 Å². The van der Waals surface area contributed by atoms with E-state index in [1.165, 1.54) is 0 Å². The topological polar surface area (TPSA) is 36.9 Å². The van der Waals surface area contributed by atoms with E-state index in [-0.39, 0.29) is 0 Å². The van der Waals surface area contributed by atoms with E-state index in [4.69, 9.17) is 18.6 Å². The van der Waals surface area contributed by atoms with E-state index in [0.29, 0.717) is 19.8 Å². The summed E-state index contributed by atoms with van der Waals surface area (Å²) in [6, 6.07) is 2.84. The van der Waals surface area contributed by atoms with Gasteiger partial charge in [-0.2, -0.15) is 0 Å². The van der Waals surface area contributed by atoms with Gasteiger partial charge >= 0.3 is 0 Å². The van der Waals surface area contributed by atoms with Crippen LogP contribution in [0, 0.1) is 0 Å². The molecule has 0 unspecified atom stereocenters. The van der Waals surface area contributed by atoms with Gasteiger partial charge in [-0.05, 0) is 0 Å². The fourth-order valence-electron chi connectivity index (χ4n) is 1.59. The van der Waals surface area contributed by atoms with E-state index in [9.17, 15) is 0 Å². The van der Waals surface area contributed by atoms with Crippen molar-refractivity contribution in [1.82, 2.24) is 0 Å². The molecule has 0 rings (SSSR count). The Bertz CT molecular complexity index is 154. The third kappa shape index (κ3) is 6.27. The number of methoxy groups -OCH3 is 3. The highest BCUT2D eigenvalue weighted by molar-refractivity contribution is 6.74. The zero-order valence-corrected chi connectivity index (χ0v) is 11.7. The Morgan fingerprint density at radius 2 is 1.25 bits per heavy atom. The fourth-order valence-corrected chi connectivity index (χ4v) is 4.78. The van der Waals surface area contributed by atoms with Crippen molar-refractivity contribution in [2.24, 2.45) is 0 Å². The maximum absolute atomic E-state index is 5.80. The highest BCUT2D eigenvalue weighted by Crippen LogP contribution is 2.23. The molecule has 0 aliphatic carbocycles. The van der Waals surface area contributed by atoms with Crippen molar-refractivity contribution in [2.45, 2.75) is 18.1 Å². The van der Waals surface area contributed by atoms with Gasteiger partial charge in [-0.3, -0.25) is 0 Å². The van der Waals surface area contributed by atoms with Crippen LogP contribution in [0.1, 0.15) is 0 Å². The fraction of sp³-hybridized carbons (Fsp3) is 0.818. The van der Waals surface area contributed by atoms with Crippen LogP contribution in [0.15, 0.2) is 12.8 Å². The Hall–Kier alpha value is -0.363. The van der Waals surface area contributed by atoms with Crippen LogP contribution in [0.5, 0.6) is 0 Å². The number of ether oxygens (including phenoxy) is 3. The van der Waals surface area contributed by atoms with Gasteiger partial charge in [-0.25, -0.2) is 0 Å². The summed E-state index contributed by atoms with van der Waals surface area (Å²) in [6.07, 6.45) is 1.55. The molecule has 0 bridgehead atoms. The predicted molar refractivity (Wildman–Crippen MR) is 67.1 cm³/mol. The van der Waals surface area contributed by atoms with E-state index in [2.05, 4.69) is 6.58 Å². The monoisotopic (exact) mass is 248 g/mol. The van der Waals surface area contributed by atoms with Gasteiger partial charge in [0.1, 0.15) is 0 Å². The second-order valence-corrected chi connectivity index (χ2v) is 7.80. The number of hydrogen-bond acceptors (Lipinski definition) is 4. The van der Waals surface area contributed by atoms with E-state index < -0.39 is 8.32 Å². The highest BCUT2D eigenvalue weighted by atomic mass is 28.4. The molecule has 0 atom stereocenters. The van der Waals surface area contributed by atoms with Crippen molar-refractivity contribution >= 4 is 8.32 Å². The Morgan fingerprint density at radius 1 is 0.875 bits per heavy atom. The molecule has 5 heteroatoms. The van der Waals surface area contributed by atoms with Crippen molar-refractivity contribution in [3.05, 3.63) is 12.8 Å². The van der Waals surface area contributed by atoms with E-state index in [1.54, 1.807) is 27.6 Å². The molecule has 0 aromatic rings. The van der Waals surface area contributed by atoms with Crippen molar-refractivity contribution < 1.29 is 18.6 Å². The first-order chi connectivity index (χ1) is 7.74. The summed E-state index contributed by atoms with van der Waals surface area (Å²) >= 11 is 0. The summed E-state index contributed by atoms with van der Waals surface area (Å²) in [5, 5.41) is 0. The SMILES string of the molecule is C=CO[Si](CCOC)(CCOC)CCOC. The van der Waals surface area contributed by atoms with Crippen LogP contribution >= 0.6 is 0 Å². The Kier molecular flexibility index (Phi) is 9.61. The molecule has 0 heterocycles. The quantitative estimate of drug-likeness (QED) is 0.414. The Balaban J connectivity index is 4.37. The van der Waals surface area contributed by atoms with Crippen LogP contribution in [-0.4, -0.2) is 49.5 Å². The van der Waals surface area contributed by atoms with Gasteiger partial charge in [0, 0.05) is 59.3 Å². The van der Waals surface area contributed by atoms with Crippen molar-refractivity contribution in [3.63, 3.8) is 0 Å². The molecule has 0 N–H and O–H groups in total.